The van der Waals surface area contributed by atoms with Gasteiger partial charge in [0.25, 0.3) is 5.91 Å². The number of benzene rings is 1. The molecule has 1 amide bonds. The quantitative estimate of drug-likeness (QED) is 0.358. The lowest BCUT2D eigenvalue weighted by molar-refractivity contribution is -0.124. The third-order valence-corrected chi connectivity index (χ3v) is 1.84. The minimum Gasteiger partial charge on any atom is -0.288 e. The van der Waals surface area contributed by atoms with Gasteiger partial charge in [-0.1, -0.05) is 41.9 Å². The zero-order valence-electron chi connectivity index (χ0n) is 7.85. The first-order chi connectivity index (χ1) is 7.22. The molecule has 3 nitrogen and oxygen atoms in total. The highest BCUT2D eigenvalue weighted by atomic mass is 35.5. The van der Waals surface area contributed by atoms with Crippen molar-refractivity contribution in [3.8, 4) is 0 Å². The summed E-state index contributed by atoms with van der Waals surface area (Å²) >= 11 is 5.83. The molecule has 2 N–H and O–H groups in total. The number of halogens is 1. The fraction of sp³-hybridized carbons (Fsp3) is 0. The Balaban J connectivity index is 2.69. The van der Waals surface area contributed by atoms with Gasteiger partial charge in [-0.2, -0.15) is 0 Å². The van der Waals surface area contributed by atoms with Crippen LogP contribution in [0.25, 0.3) is 6.08 Å². The van der Waals surface area contributed by atoms with Gasteiger partial charge in [0.15, 0.2) is 0 Å². The molecule has 0 saturated heterocycles. The molecular weight excluding hydrogens is 214 g/mol. The molecule has 0 aliphatic rings. The first-order valence-electron chi connectivity index (χ1n) is 4.27. The smallest absolute Gasteiger partial charge is 0.267 e. The van der Waals surface area contributed by atoms with E-state index in [1.165, 1.54) is 11.6 Å². The Labute approximate surface area is 92.6 Å². The third kappa shape index (κ3) is 4.44. The largest absolute Gasteiger partial charge is 0.288 e. The Morgan fingerprint density at radius 2 is 1.93 bits per heavy atom. The monoisotopic (exact) mass is 223 g/mol. The number of hydrogen-bond donors (Lipinski definition) is 2. The molecule has 0 radical (unpaired) electrons. The molecule has 0 spiro atoms. The summed E-state index contributed by atoms with van der Waals surface area (Å²) in [6.07, 6.45) is 4.25. The van der Waals surface area contributed by atoms with Crippen molar-refractivity contribution in [3.63, 3.8) is 0 Å². The highest BCUT2D eigenvalue weighted by Gasteiger charge is 1.91. The Morgan fingerprint density at radius 3 is 2.53 bits per heavy atom. The van der Waals surface area contributed by atoms with Gasteiger partial charge in [0, 0.05) is 11.1 Å². The lowest BCUT2D eigenvalue weighted by Crippen LogP contribution is -2.14. The Morgan fingerprint density at radius 1 is 1.27 bits per heavy atom. The molecule has 0 aromatic heterocycles. The van der Waals surface area contributed by atoms with Gasteiger partial charge < -0.3 is 0 Å². The number of carbonyl (C=O) groups is 1. The van der Waals surface area contributed by atoms with Gasteiger partial charge in [-0.25, -0.2) is 5.48 Å². The predicted molar refractivity (Wildman–Crippen MR) is 59.3 cm³/mol. The van der Waals surface area contributed by atoms with Gasteiger partial charge in [-0.05, 0) is 17.7 Å². The summed E-state index contributed by atoms with van der Waals surface area (Å²) in [6, 6.07) is 9.46. The molecule has 1 aromatic carbocycles. The molecule has 0 aliphatic heterocycles. The molecular formula is C11H10ClNO2. The lowest BCUT2D eigenvalue weighted by Gasteiger charge is -1.93. The molecule has 1 aromatic rings. The predicted octanol–water partition coefficient (Wildman–Crippen LogP) is 2.33. The van der Waals surface area contributed by atoms with Crippen molar-refractivity contribution in [2.45, 2.75) is 0 Å². The highest BCUT2D eigenvalue weighted by molar-refractivity contribution is 6.33. The molecule has 1 rings (SSSR count). The Bertz CT molecular complexity index is 385. The van der Waals surface area contributed by atoms with Crippen molar-refractivity contribution in [3.05, 3.63) is 53.1 Å². The van der Waals surface area contributed by atoms with Crippen LogP contribution in [0.15, 0.2) is 47.5 Å². The number of nitrogens with one attached hydrogen (secondary N) is 1. The maximum absolute atomic E-state index is 10.6. The minimum atomic E-state index is -0.616. The maximum Gasteiger partial charge on any atom is 0.267 e. The summed E-state index contributed by atoms with van der Waals surface area (Å²) in [5.41, 5.74) is 2.41. The van der Waals surface area contributed by atoms with Crippen LogP contribution in [0.1, 0.15) is 5.56 Å². The Hall–Kier alpha value is -1.58. The van der Waals surface area contributed by atoms with Gasteiger partial charge in [-0.15, -0.1) is 0 Å². The van der Waals surface area contributed by atoms with Crippen LogP contribution < -0.4 is 5.48 Å². The molecule has 78 valence electrons. The molecule has 0 atom stereocenters. The van der Waals surface area contributed by atoms with Crippen LogP contribution >= 0.6 is 11.6 Å². The summed E-state index contributed by atoms with van der Waals surface area (Å²) < 4.78 is 0. The fourth-order valence-electron chi connectivity index (χ4n) is 0.949. The Kier molecular flexibility index (Phi) is 4.60. The van der Waals surface area contributed by atoms with E-state index >= 15 is 0 Å². The van der Waals surface area contributed by atoms with Crippen LogP contribution in [0.2, 0.25) is 0 Å². The van der Waals surface area contributed by atoms with Crippen molar-refractivity contribution in [1.29, 1.82) is 0 Å². The SMILES string of the molecule is O=C(/C=C/C(Cl)=C/c1ccccc1)NO. The van der Waals surface area contributed by atoms with E-state index in [0.717, 1.165) is 11.6 Å². The normalized spacial score (nSPS) is 11.7. The average Bonchev–Trinajstić information content (AvgIpc) is 2.27. The molecule has 0 aliphatic carbocycles. The number of hydrogen-bond acceptors (Lipinski definition) is 2. The van der Waals surface area contributed by atoms with Crippen LogP contribution in [-0.4, -0.2) is 11.1 Å². The van der Waals surface area contributed by atoms with Gasteiger partial charge >= 0.3 is 0 Å². The standard InChI is InChI=1S/C11H10ClNO2/c12-10(6-7-11(14)13-15)8-9-4-2-1-3-5-9/h1-8,15H,(H,13,14)/b7-6+,10-8-. The van der Waals surface area contributed by atoms with E-state index in [1.807, 2.05) is 30.3 Å². The van der Waals surface area contributed by atoms with Crippen molar-refractivity contribution < 1.29 is 10.0 Å². The topological polar surface area (TPSA) is 49.3 Å². The van der Waals surface area contributed by atoms with Gasteiger partial charge in [0.2, 0.25) is 0 Å². The first kappa shape index (κ1) is 11.5. The summed E-state index contributed by atoms with van der Waals surface area (Å²) in [4.78, 5) is 10.6. The van der Waals surface area contributed by atoms with E-state index in [4.69, 9.17) is 16.8 Å². The van der Waals surface area contributed by atoms with E-state index in [1.54, 1.807) is 6.08 Å². The second kappa shape index (κ2) is 6.01. The van der Waals surface area contributed by atoms with E-state index in [-0.39, 0.29) is 0 Å². The van der Waals surface area contributed by atoms with Crippen LogP contribution in [0.4, 0.5) is 0 Å². The maximum atomic E-state index is 10.6. The van der Waals surface area contributed by atoms with E-state index < -0.39 is 5.91 Å². The molecule has 0 bridgehead atoms. The number of amides is 1. The van der Waals surface area contributed by atoms with Crippen molar-refractivity contribution in [2.24, 2.45) is 0 Å². The highest BCUT2D eigenvalue weighted by Crippen LogP contribution is 2.10. The van der Waals surface area contributed by atoms with Crippen LogP contribution in [0, 0.1) is 0 Å². The molecule has 0 unspecified atom stereocenters. The first-order valence-corrected chi connectivity index (χ1v) is 4.64. The third-order valence-electron chi connectivity index (χ3n) is 1.61. The van der Waals surface area contributed by atoms with E-state index in [9.17, 15) is 4.79 Å². The molecule has 0 fully saturated rings. The zero-order valence-corrected chi connectivity index (χ0v) is 8.61. The average molecular weight is 224 g/mol. The van der Waals surface area contributed by atoms with Gasteiger partial charge in [0.05, 0.1) is 0 Å². The second-order valence-corrected chi connectivity index (χ2v) is 3.19. The molecule has 15 heavy (non-hydrogen) atoms. The number of allylic oxidation sites excluding steroid dienone is 2. The number of carbonyl (C=O) groups excluding carboxylic acids is 1. The molecule has 0 saturated carbocycles. The zero-order chi connectivity index (χ0) is 11.1. The number of rotatable bonds is 3. The lowest BCUT2D eigenvalue weighted by atomic mass is 10.2. The minimum absolute atomic E-state index is 0.407. The van der Waals surface area contributed by atoms with Crippen molar-refractivity contribution >= 4 is 23.6 Å². The van der Waals surface area contributed by atoms with Gasteiger partial charge in [-0.3, -0.25) is 10.0 Å². The van der Waals surface area contributed by atoms with Crippen LogP contribution in [-0.2, 0) is 4.79 Å². The summed E-state index contributed by atoms with van der Waals surface area (Å²) in [5.74, 6) is -0.616. The second-order valence-electron chi connectivity index (χ2n) is 2.75. The van der Waals surface area contributed by atoms with Gasteiger partial charge in [0.1, 0.15) is 0 Å². The summed E-state index contributed by atoms with van der Waals surface area (Å²) in [7, 11) is 0. The van der Waals surface area contributed by atoms with E-state index in [2.05, 4.69) is 0 Å². The van der Waals surface area contributed by atoms with E-state index in [0.29, 0.717) is 5.03 Å². The van der Waals surface area contributed by atoms with Crippen LogP contribution in [0.5, 0.6) is 0 Å². The van der Waals surface area contributed by atoms with Crippen molar-refractivity contribution in [2.75, 3.05) is 0 Å². The number of hydroxylamine groups is 1. The molecule has 4 heteroatoms. The summed E-state index contributed by atoms with van der Waals surface area (Å²) in [6.45, 7) is 0. The van der Waals surface area contributed by atoms with Crippen molar-refractivity contribution in [1.82, 2.24) is 5.48 Å². The van der Waals surface area contributed by atoms with Crippen LogP contribution in [0.3, 0.4) is 0 Å². The summed E-state index contributed by atoms with van der Waals surface area (Å²) in [5, 5.41) is 8.63. The molecule has 0 heterocycles. The fourth-order valence-corrected chi connectivity index (χ4v) is 1.14.